The molecule has 0 aliphatic rings. The largest absolute Gasteiger partial charge is 0.397 e. The van der Waals surface area contributed by atoms with Gasteiger partial charge < -0.3 is 5.73 Å². The minimum atomic E-state index is -2.88. The van der Waals surface area contributed by atoms with E-state index in [1.165, 1.54) is 11.8 Å². The molecule has 0 aromatic carbocycles. The van der Waals surface area contributed by atoms with Gasteiger partial charge in [-0.2, -0.15) is 0 Å². The van der Waals surface area contributed by atoms with E-state index in [1.807, 2.05) is 6.92 Å². The lowest BCUT2D eigenvalue weighted by Gasteiger charge is -2.02. The number of sulfone groups is 1. The second kappa shape index (κ2) is 6.10. The highest BCUT2D eigenvalue weighted by atomic mass is 32.2. The fourth-order valence-corrected chi connectivity index (χ4v) is 3.84. The van der Waals surface area contributed by atoms with Crippen LogP contribution in [0.5, 0.6) is 0 Å². The molecule has 1 aromatic rings. The summed E-state index contributed by atoms with van der Waals surface area (Å²) in [7, 11) is -2.88. The van der Waals surface area contributed by atoms with E-state index in [0.717, 1.165) is 5.03 Å². The van der Waals surface area contributed by atoms with Gasteiger partial charge >= 0.3 is 0 Å². The number of pyridine rings is 1. The van der Waals surface area contributed by atoms with Crippen LogP contribution in [-0.2, 0) is 9.84 Å². The van der Waals surface area contributed by atoms with Crippen molar-refractivity contribution in [2.75, 3.05) is 23.0 Å². The lowest BCUT2D eigenvalue weighted by molar-refractivity contribution is 0.596. The Labute approximate surface area is 101 Å². The average Bonchev–Trinajstić information content (AvgIpc) is 2.20. The standard InChI is InChI=1S/C10H16N2O2S2/c1-2-6-16(13,14)7-5-15-10-4-3-9(11)8-12-10/h3-4,8H,2,5-7,11H2,1H3. The van der Waals surface area contributed by atoms with Crippen molar-refractivity contribution in [1.29, 1.82) is 0 Å². The molecule has 0 amide bonds. The maximum atomic E-state index is 11.4. The first-order valence-electron chi connectivity index (χ1n) is 5.08. The van der Waals surface area contributed by atoms with Crippen molar-refractivity contribution in [2.45, 2.75) is 18.4 Å². The molecule has 4 nitrogen and oxygen atoms in total. The van der Waals surface area contributed by atoms with Gasteiger partial charge in [-0.25, -0.2) is 13.4 Å². The minimum absolute atomic E-state index is 0.206. The van der Waals surface area contributed by atoms with Crippen LogP contribution in [-0.4, -0.2) is 30.7 Å². The van der Waals surface area contributed by atoms with Crippen molar-refractivity contribution in [3.8, 4) is 0 Å². The zero-order valence-electron chi connectivity index (χ0n) is 9.22. The Hall–Kier alpha value is -0.750. The summed E-state index contributed by atoms with van der Waals surface area (Å²) in [5.74, 6) is 1.01. The average molecular weight is 260 g/mol. The molecule has 1 rings (SSSR count). The molecule has 0 aliphatic carbocycles. The minimum Gasteiger partial charge on any atom is -0.397 e. The van der Waals surface area contributed by atoms with Crippen LogP contribution < -0.4 is 5.73 Å². The number of anilines is 1. The number of hydrogen-bond acceptors (Lipinski definition) is 5. The SMILES string of the molecule is CCCS(=O)(=O)CCSc1ccc(N)cn1. The van der Waals surface area contributed by atoms with E-state index in [4.69, 9.17) is 5.73 Å². The van der Waals surface area contributed by atoms with E-state index in [-0.39, 0.29) is 11.5 Å². The number of nitrogens with two attached hydrogens (primary N) is 1. The van der Waals surface area contributed by atoms with E-state index < -0.39 is 9.84 Å². The molecule has 6 heteroatoms. The lowest BCUT2D eigenvalue weighted by Crippen LogP contribution is -2.12. The third-order valence-corrected chi connectivity index (χ3v) is 4.98. The Morgan fingerprint density at radius 2 is 2.12 bits per heavy atom. The summed E-state index contributed by atoms with van der Waals surface area (Å²) in [6.45, 7) is 1.87. The van der Waals surface area contributed by atoms with Gasteiger partial charge in [0, 0.05) is 11.5 Å². The van der Waals surface area contributed by atoms with E-state index in [2.05, 4.69) is 4.98 Å². The van der Waals surface area contributed by atoms with Gasteiger partial charge in [0.05, 0.1) is 22.7 Å². The van der Waals surface area contributed by atoms with Gasteiger partial charge in [0.1, 0.15) is 0 Å². The van der Waals surface area contributed by atoms with Crippen LogP contribution in [0.25, 0.3) is 0 Å². The topological polar surface area (TPSA) is 73.0 Å². The number of thioether (sulfide) groups is 1. The summed E-state index contributed by atoms with van der Waals surface area (Å²) >= 11 is 1.44. The molecule has 0 spiro atoms. The molecule has 0 bridgehead atoms. The quantitative estimate of drug-likeness (QED) is 0.786. The zero-order chi connectivity index (χ0) is 12.0. The highest BCUT2D eigenvalue weighted by Gasteiger charge is 2.09. The molecular weight excluding hydrogens is 244 g/mol. The molecule has 16 heavy (non-hydrogen) atoms. The summed E-state index contributed by atoms with van der Waals surface area (Å²) in [6.07, 6.45) is 2.25. The van der Waals surface area contributed by atoms with Gasteiger partial charge in [0.15, 0.2) is 9.84 Å². The lowest BCUT2D eigenvalue weighted by atomic mass is 10.4. The first kappa shape index (κ1) is 13.3. The highest BCUT2D eigenvalue weighted by Crippen LogP contribution is 2.16. The normalized spacial score (nSPS) is 11.6. The van der Waals surface area contributed by atoms with Gasteiger partial charge in [-0.1, -0.05) is 6.92 Å². The van der Waals surface area contributed by atoms with Crippen molar-refractivity contribution in [3.05, 3.63) is 18.3 Å². The van der Waals surface area contributed by atoms with E-state index >= 15 is 0 Å². The molecule has 2 N–H and O–H groups in total. The molecule has 0 aliphatic heterocycles. The Morgan fingerprint density at radius 3 is 2.69 bits per heavy atom. The first-order chi connectivity index (χ1) is 7.53. The van der Waals surface area contributed by atoms with E-state index in [0.29, 0.717) is 17.9 Å². The van der Waals surface area contributed by atoms with E-state index in [1.54, 1.807) is 18.3 Å². The molecule has 0 saturated carbocycles. The van der Waals surface area contributed by atoms with Crippen molar-refractivity contribution in [3.63, 3.8) is 0 Å². The van der Waals surface area contributed by atoms with Crippen molar-refractivity contribution >= 4 is 27.3 Å². The van der Waals surface area contributed by atoms with Crippen molar-refractivity contribution in [1.82, 2.24) is 4.98 Å². The van der Waals surface area contributed by atoms with Gasteiger partial charge in [-0.15, -0.1) is 11.8 Å². The molecule has 0 saturated heterocycles. The number of aromatic nitrogens is 1. The monoisotopic (exact) mass is 260 g/mol. The van der Waals surface area contributed by atoms with Crippen LogP contribution >= 0.6 is 11.8 Å². The molecule has 0 fully saturated rings. The second-order valence-electron chi connectivity index (χ2n) is 3.43. The summed E-state index contributed by atoms with van der Waals surface area (Å²) in [5, 5.41) is 0.806. The van der Waals surface area contributed by atoms with Gasteiger partial charge in [0.2, 0.25) is 0 Å². The zero-order valence-corrected chi connectivity index (χ0v) is 10.9. The van der Waals surface area contributed by atoms with E-state index in [9.17, 15) is 8.42 Å². The number of nitrogens with zero attached hydrogens (tertiary/aromatic N) is 1. The fourth-order valence-electron chi connectivity index (χ4n) is 1.16. The number of nitrogen functional groups attached to an aromatic ring is 1. The Morgan fingerprint density at radius 1 is 1.38 bits per heavy atom. The first-order valence-corrected chi connectivity index (χ1v) is 7.89. The molecule has 1 aromatic heterocycles. The summed E-state index contributed by atoms with van der Waals surface area (Å²) in [6, 6.07) is 3.56. The van der Waals surface area contributed by atoms with Crippen LogP contribution in [0.4, 0.5) is 5.69 Å². The van der Waals surface area contributed by atoms with Crippen LogP contribution in [0.15, 0.2) is 23.4 Å². The number of rotatable bonds is 6. The van der Waals surface area contributed by atoms with Gasteiger partial charge in [-0.05, 0) is 18.6 Å². The molecule has 90 valence electrons. The third-order valence-electron chi connectivity index (χ3n) is 1.92. The van der Waals surface area contributed by atoms with Crippen LogP contribution in [0, 0.1) is 0 Å². The molecule has 1 heterocycles. The van der Waals surface area contributed by atoms with Crippen LogP contribution in [0.2, 0.25) is 0 Å². The Kier molecular flexibility index (Phi) is 5.08. The molecule has 0 radical (unpaired) electrons. The summed E-state index contributed by atoms with van der Waals surface area (Å²) < 4.78 is 22.8. The third kappa shape index (κ3) is 4.85. The molecule has 0 unspecified atom stereocenters. The second-order valence-corrected chi connectivity index (χ2v) is 6.85. The number of hydrogen-bond donors (Lipinski definition) is 1. The fraction of sp³-hybridized carbons (Fsp3) is 0.500. The molecule has 0 atom stereocenters. The summed E-state index contributed by atoms with van der Waals surface area (Å²) in [5.41, 5.74) is 6.11. The summed E-state index contributed by atoms with van der Waals surface area (Å²) in [4.78, 5) is 4.09. The van der Waals surface area contributed by atoms with Gasteiger partial charge in [0.25, 0.3) is 0 Å². The smallest absolute Gasteiger partial charge is 0.151 e. The Bertz CT molecular complexity index is 415. The van der Waals surface area contributed by atoms with Crippen LogP contribution in [0.1, 0.15) is 13.3 Å². The van der Waals surface area contributed by atoms with Crippen molar-refractivity contribution < 1.29 is 8.42 Å². The maximum absolute atomic E-state index is 11.4. The maximum Gasteiger partial charge on any atom is 0.151 e. The van der Waals surface area contributed by atoms with Gasteiger partial charge in [-0.3, -0.25) is 0 Å². The predicted molar refractivity (Wildman–Crippen MR) is 68.3 cm³/mol. The molecular formula is C10H16N2O2S2. The Balaban J connectivity index is 2.39. The predicted octanol–water partition coefficient (Wildman–Crippen LogP) is 1.58. The van der Waals surface area contributed by atoms with Crippen molar-refractivity contribution in [2.24, 2.45) is 0 Å². The highest BCUT2D eigenvalue weighted by molar-refractivity contribution is 8.00. The van der Waals surface area contributed by atoms with Crippen LogP contribution in [0.3, 0.4) is 0 Å².